The summed E-state index contributed by atoms with van der Waals surface area (Å²) in [7, 11) is 1.62. The first-order chi connectivity index (χ1) is 8.27. The maximum atomic E-state index is 8.84. The molecule has 0 spiro atoms. The zero-order chi connectivity index (χ0) is 12.3. The average molecular weight is 250 g/mol. The van der Waals surface area contributed by atoms with Crippen LogP contribution in [0.4, 0.5) is 0 Å². The summed E-state index contributed by atoms with van der Waals surface area (Å²) < 4.78 is 5.35. The number of hydrogen-bond acceptors (Lipinski definition) is 2. The Morgan fingerprint density at radius 2 is 2.12 bits per heavy atom. The van der Waals surface area contributed by atoms with Crippen molar-refractivity contribution < 1.29 is 4.74 Å². The van der Waals surface area contributed by atoms with Gasteiger partial charge < -0.3 is 4.74 Å². The predicted molar refractivity (Wildman–Crippen MR) is 68.6 cm³/mol. The molecule has 2 rings (SSSR count). The fraction of sp³-hybridized carbons (Fsp3) is 0.500. The van der Waals surface area contributed by atoms with Gasteiger partial charge in [-0.15, -0.1) is 0 Å². The Bertz CT molecular complexity index is 459. The molecule has 0 radical (unpaired) electrons. The van der Waals surface area contributed by atoms with Crippen molar-refractivity contribution in [2.45, 2.75) is 38.5 Å². The summed E-state index contributed by atoms with van der Waals surface area (Å²) in [5.74, 6) is 0.689. The van der Waals surface area contributed by atoms with E-state index >= 15 is 0 Å². The summed E-state index contributed by atoms with van der Waals surface area (Å²) in [5, 5.41) is 9.56. The van der Waals surface area contributed by atoms with Gasteiger partial charge in [0.1, 0.15) is 5.75 Å². The quantitative estimate of drug-likeness (QED) is 0.749. The number of halogens is 1. The molecule has 1 aliphatic carbocycles. The van der Waals surface area contributed by atoms with E-state index in [2.05, 4.69) is 12.1 Å². The normalized spacial score (nSPS) is 14.6. The van der Waals surface area contributed by atoms with Gasteiger partial charge in [0.15, 0.2) is 0 Å². The van der Waals surface area contributed by atoms with Gasteiger partial charge in [-0.1, -0.05) is 24.1 Å². The van der Waals surface area contributed by atoms with Crippen LogP contribution >= 0.6 is 11.6 Å². The first-order valence-corrected chi connectivity index (χ1v) is 6.39. The molecular formula is C14H16ClNO. The fourth-order valence-corrected chi connectivity index (χ4v) is 2.92. The highest BCUT2D eigenvalue weighted by Gasteiger charge is 2.18. The van der Waals surface area contributed by atoms with E-state index in [0.29, 0.717) is 12.2 Å². The number of aryl methyl sites for hydroxylation is 1. The van der Waals surface area contributed by atoms with Crippen LogP contribution < -0.4 is 4.74 Å². The number of hydrogen-bond donors (Lipinski definition) is 0. The lowest BCUT2D eigenvalue weighted by atomic mass is 9.97. The molecule has 0 heterocycles. The van der Waals surface area contributed by atoms with Crippen LogP contribution in [0.25, 0.3) is 0 Å². The average Bonchev–Trinajstić information content (AvgIpc) is 2.55. The minimum absolute atomic E-state index is 0.357. The van der Waals surface area contributed by atoms with E-state index in [9.17, 15) is 0 Å². The topological polar surface area (TPSA) is 33.0 Å². The van der Waals surface area contributed by atoms with Crippen molar-refractivity contribution in [3.8, 4) is 11.8 Å². The second-order valence-electron chi connectivity index (χ2n) is 4.42. The maximum absolute atomic E-state index is 8.84. The van der Waals surface area contributed by atoms with E-state index in [1.165, 1.54) is 30.4 Å². The molecule has 17 heavy (non-hydrogen) atoms. The van der Waals surface area contributed by atoms with Gasteiger partial charge >= 0.3 is 0 Å². The Morgan fingerprint density at radius 1 is 1.35 bits per heavy atom. The second kappa shape index (κ2) is 5.42. The van der Waals surface area contributed by atoms with Crippen molar-refractivity contribution >= 4 is 11.6 Å². The second-order valence-corrected chi connectivity index (χ2v) is 4.79. The van der Waals surface area contributed by atoms with E-state index in [4.69, 9.17) is 21.6 Å². The molecule has 0 amide bonds. The van der Waals surface area contributed by atoms with E-state index in [1.54, 1.807) is 7.11 Å². The first kappa shape index (κ1) is 12.3. The highest BCUT2D eigenvalue weighted by atomic mass is 35.5. The summed E-state index contributed by atoms with van der Waals surface area (Å²) >= 11 is 6.41. The smallest absolute Gasteiger partial charge is 0.141 e. The SMILES string of the molecule is COc1c(CC#N)cc2c(c1Cl)CCCCC2. The third-order valence-electron chi connectivity index (χ3n) is 3.34. The number of ether oxygens (including phenoxy) is 1. The van der Waals surface area contributed by atoms with Crippen LogP contribution in [-0.4, -0.2) is 7.11 Å². The summed E-state index contributed by atoms with van der Waals surface area (Å²) in [6, 6.07) is 4.28. The van der Waals surface area contributed by atoms with Gasteiger partial charge in [0.25, 0.3) is 0 Å². The molecule has 1 aliphatic rings. The Balaban J connectivity index is 2.54. The zero-order valence-corrected chi connectivity index (χ0v) is 10.8. The number of rotatable bonds is 2. The molecule has 0 bridgehead atoms. The summed E-state index contributed by atoms with van der Waals surface area (Å²) in [5.41, 5.74) is 3.45. The fourth-order valence-electron chi connectivity index (χ4n) is 2.51. The lowest BCUT2D eigenvalue weighted by molar-refractivity contribution is 0.410. The van der Waals surface area contributed by atoms with Crippen molar-refractivity contribution in [1.29, 1.82) is 5.26 Å². The monoisotopic (exact) mass is 249 g/mol. The molecule has 0 saturated carbocycles. The van der Waals surface area contributed by atoms with Gasteiger partial charge in [0, 0.05) is 5.56 Å². The molecule has 0 saturated heterocycles. The molecule has 3 heteroatoms. The number of methoxy groups -OCH3 is 1. The molecule has 0 N–H and O–H groups in total. The van der Waals surface area contributed by atoms with Crippen LogP contribution in [0, 0.1) is 11.3 Å². The van der Waals surface area contributed by atoms with Crippen LogP contribution in [0.5, 0.6) is 5.75 Å². The van der Waals surface area contributed by atoms with Gasteiger partial charge in [-0.3, -0.25) is 0 Å². The Kier molecular flexibility index (Phi) is 3.91. The molecule has 0 fully saturated rings. The minimum atomic E-state index is 0.357. The summed E-state index contributed by atoms with van der Waals surface area (Å²) in [4.78, 5) is 0. The Hall–Kier alpha value is -1.20. The standard InChI is InChI=1S/C14H16ClNO/c1-17-14-11(7-8-16)9-10-5-3-2-4-6-12(10)13(14)15/h9H,2-7H2,1H3. The number of nitrogens with zero attached hydrogens (tertiary/aromatic N) is 1. The third kappa shape index (κ3) is 2.40. The highest BCUT2D eigenvalue weighted by molar-refractivity contribution is 6.33. The highest BCUT2D eigenvalue weighted by Crippen LogP contribution is 2.37. The van der Waals surface area contributed by atoms with Crippen LogP contribution in [0.15, 0.2) is 6.07 Å². The van der Waals surface area contributed by atoms with Gasteiger partial charge in [-0.2, -0.15) is 5.26 Å². The van der Waals surface area contributed by atoms with E-state index < -0.39 is 0 Å². The van der Waals surface area contributed by atoms with Crippen molar-refractivity contribution in [1.82, 2.24) is 0 Å². The van der Waals surface area contributed by atoms with Crippen LogP contribution in [0.2, 0.25) is 5.02 Å². The lowest BCUT2D eigenvalue weighted by Gasteiger charge is -2.15. The Morgan fingerprint density at radius 3 is 2.82 bits per heavy atom. The van der Waals surface area contributed by atoms with Crippen molar-refractivity contribution in [3.63, 3.8) is 0 Å². The third-order valence-corrected chi connectivity index (χ3v) is 3.74. The molecule has 1 aromatic carbocycles. The van der Waals surface area contributed by atoms with E-state index in [0.717, 1.165) is 23.4 Å². The molecule has 0 atom stereocenters. The van der Waals surface area contributed by atoms with Gasteiger partial charge in [-0.05, 0) is 36.8 Å². The minimum Gasteiger partial charge on any atom is -0.495 e. The molecule has 0 aliphatic heterocycles. The molecule has 0 aromatic heterocycles. The van der Waals surface area contributed by atoms with Crippen molar-refractivity contribution in [2.75, 3.05) is 7.11 Å². The zero-order valence-electron chi connectivity index (χ0n) is 10.1. The summed E-state index contributed by atoms with van der Waals surface area (Å²) in [6.45, 7) is 0. The predicted octanol–water partition coefficient (Wildman–Crippen LogP) is 3.68. The van der Waals surface area contributed by atoms with E-state index in [1.807, 2.05) is 0 Å². The first-order valence-electron chi connectivity index (χ1n) is 6.02. The number of fused-ring (bicyclic) bond motifs is 1. The van der Waals surface area contributed by atoms with Gasteiger partial charge in [0.2, 0.25) is 0 Å². The van der Waals surface area contributed by atoms with Crippen molar-refractivity contribution in [2.24, 2.45) is 0 Å². The van der Waals surface area contributed by atoms with Crippen LogP contribution in [0.1, 0.15) is 36.0 Å². The molecule has 90 valence electrons. The number of nitriles is 1. The number of benzene rings is 1. The van der Waals surface area contributed by atoms with Gasteiger partial charge in [-0.25, -0.2) is 0 Å². The molecule has 0 unspecified atom stereocenters. The Labute approximate surface area is 107 Å². The summed E-state index contributed by atoms with van der Waals surface area (Å²) in [6.07, 6.45) is 6.10. The van der Waals surface area contributed by atoms with Crippen molar-refractivity contribution in [3.05, 3.63) is 27.8 Å². The lowest BCUT2D eigenvalue weighted by Crippen LogP contribution is -2.00. The molecule has 2 nitrogen and oxygen atoms in total. The largest absolute Gasteiger partial charge is 0.495 e. The van der Waals surface area contributed by atoms with Gasteiger partial charge in [0.05, 0.1) is 24.6 Å². The van der Waals surface area contributed by atoms with Crippen LogP contribution in [-0.2, 0) is 19.3 Å². The molecular weight excluding hydrogens is 234 g/mol. The molecule has 1 aromatic rings. The maximum Gasteiger partial charge on any atom is 0.141 e. The van der Waals surface area contributed by atoms with E-state index in [-0.39, 0.29) is 0 Å². The van der Waals surface area contributed by atoms with Crippen LogP contribution in [0.3, 0.4) is 0 Å².